The maximum atomic E-state index is 2.55. The van der Waals surface area contributed by atoms with Crippen LogP contribution in [0.5, 0.6) is 0 Å². The Balaban J connectivity index is 0.795. The van der Waals surface area contributed by atoms with Gasteiger partial charge in [-0.1, -0.05) is 232 Å². The van der Waals surface area contributed by atoms with Gasteiger partial charge in [0.2, 0.25) is 0 Å². The van der Waals surface area contributed by atoms with Crippen LogP contribution in [0.25, 0.3) is 72.0 Å². The molecule has 0 fully saturated rings. The summed E-state index contributed by atoms with van der Waals surface area (Å²) in [7, 11) is 0. The van der Waals surface area contributed by atoms with Crippen LogP contribution in [0.15, 0.2) is 237 Å². The molecule has 71 heavy (non-hydrogen) atoms. The summed E-state index contributed by atoms with van der Waals surface area (Å²) >= 11 is 0. The molecule has 0 N–H and O–H groups in total. The predicted molar refractivity (Wildman–Crippen MR) is 299 cm³/mol. The molecule has 2 aliphatic rings. The minimum absolute atomic E-state index is 0.0418. The van der Waals surface area contributed by atoms with Crippen LogP contribution in [0.4, 0.5) is 0 Å². The third-order valence-corrected chi connectivity index (χ3v) is 16.3. The van der Waals surface area contributed by atoms with Gasteiger partial charge in [0.25, 0.3) is 0 Å². The van der Waals surface area contributed by atoms with Crippen molar-refractivity contribution in [2.75, 3.05) is 0 Å². The summed E-state index contributed by atoms with van der Waals surface area (Å²) < 4.78 is 2.55. The second kappa shape index (κ2) is 17.8. The van der Waals surface area contributed by atoms with Gasteiger partial charge in [-0.05, 0) is 145 Å². The van der Waals surface area contributed by atoms with Crippen molar-refractivity contribution in [3.63, 3.8) is 0 Å². The lowest BCUT2D eigenvalue weighted by Gasteiger charge is -2.29. The van der Waals surface area contributed by atoms with Crippen LogP contribution in [0.2, 0.25) is 0 Å². The largest absolute Gasteiger partial charge is 0.309 e. The van der Waals surface area contributed by atoms with Crippen molar-refractivity contribution >= 4 is 21.7 Å². The molecule has 342 valence electrons. The van der Waals surface area contributed by atoms with Crippen molar-refractivity contribution in [3.8, 4) is 50.3 Å². The van der Waals surface area contributed by atoms with Crippen molar-refractivity contribution in [2.45, 2.75) is 63.2 Å². The Bertz CT molecular complexity index is 3720. The molecule has 10 aromatic carbocycles. The number of aromatic nitrogens is 1. The van der Waals surface area contributed by atoms with Crippen molar-refractivity contribution in [3.05, 3.63) is 281 Å². The van der Waals surface area contributed by atoms with Gasteiger partial charge in [-0.2, -0.15) is 0 Å². The highest BCUT2D eigenvalue weighted by atomic mass is 15.0. The minimum Gasteiger partial charge on any atom is -0.309 e. The van der Waals surface area contributed by atoms with E-state index in [1.54, 1.807) is 0 Å². The first-order valence-corrected chi connectivity index (χ1v) is 25.7. The van der Waals surface area contributed by atoms with Gasteiger partial charge in [0, 0.05) is 28.0 Å². The molecule has 13 rings (SSSR count). The maximum Gasteiger partial charge on any atom is 0.0576 e. The number of hydrogen-bond donors (Lipinski definition) is 0. The molecule has 0 radical (unpaired) electrons. The number of benzene rings is 10. The van der Waals surface area contributed by atoms with E-state index in [0.29, 0.717) is 5.92 Å². The Morgan fingerprint density at radius 2 is 1.04 bits per heavy atom. The zero-order chi connectivity index (χ0) is 47.5. The standard InChI is InChI=1S/C70H57N/c1-70(2)65-23-13-11-21-60(65)61-43-39-55(46-66(61)70)58(54-34-32-51(33-35-54)49-17-7-4-8-18-49)42-28-48-25-29-50(30-26-48)52-36-40-57(41-37-52)71-67-24-14-12-22-62(67)64-45-56(31-27-47-15-5-3-6-16-47)68-59-20-10-9-19-53(59)38-44-63(68)69(64)71/h3-26,29-30,32-41,43-44,46,56,58H,27-28,31,42,45H2,1-2H3. The zero-order valence-electron chi connectivity index (χ0n) is 40.7. The van der Waals surface area contributed by atoms with E-state index in [1.807, 2.05) is 0 Å². The normalized spacial score (nSPS) is 14.7. The van der Waals surface area contributed by atoms with Crippen molar-refractivity contribution in [1.82, 2.24) is 4.57 Å². The van der Waals surface area contributed by atoms with Crippen LogP contribution in [0.3, 0.4) is 0 Å². The second-order valence-electron chi connectivity index (χ2n) is 20.7. The molecule has 0 saturated carbocycles. The van der Waals surface area contributed by atoms with Gasteiger partial charge in [-0.25, -0.2) is 0 Å². The van der Waals surface area contributed by atoms with Gasteiger partial charge in [-0.15, -0.1) is 0 Å². The molecule has 2 atom stereocenters. The fourth-order valence-corrected chi connectivity index (χ4v) is 12.6. The molecular weight excluding hydrogens is 855 g/mol. The summed E-state index contributed by atoms with van der Waals surface area (Å²) in [5.41, 5.74) is 24.2. The topological polar surface area (TPSA) is 4.93 Å². The van der Waals surface area contributed by atoms with Gasteiger partial charge >= 0.3 is 0 Å². The molecule has 1 aromatic heterocycles. The number of hydrogen-bond acceptors (Lipinski definition) is 0. The van der Waals surface area contributed by atoms with Crippen LogP contribution in [-0.2, 0) is 24.7 Å². The van der Waals surface area contributed by atoms with E-state index in [0.717, 1.165) is 32.1 Å². The van der Waals surface area contributed by atoms with Crippen molar-refractivity contribution in [2.24, 2.45) is 0 Å². The summed E-state index contributed by atoms with van der Waals surface area (Å²) in [6.45, 7) is 4.78. The Hall–Kier alpha value is -8.00. The summed E-state index contributed by atoms with van der Waals surface area (Å²) in [4.78, 5) is 0. The Morgan fingerprint density at radius 1 is 0.465 bits per heavy atom. The molecule has 1 nitrogen and oxygen atoms in total. The zero-order valence-corrected chi connectivity index (χ0v) is 40.7. The van der Waals surface area contributed by atoms with E-state index in [2.05, 4.69) is 255 Å². The molecule has 2 aliphatic carbocycles. The maximum absolute atomic E-state index is 2.55. The average molecular weight is 912 g/mol. The number of aryl methyl sites for hydroxylation is 2. The smallest absolute Gasteiger partial charge is 0.0576 e. The van der Waals surface area contributed by atoms with Gasteiger partial charge < -0.3 is 4.57 Å². The van der Waals surface area contributed by atoms with Gasteiger partial charge in [0.05, 0.1) is 11.2 Å². The number of fused-ring (bicyclic) bond motifs is 10. The third kappa shape index (κ3) is 7.63. The minimum atomic E-state index is -0.0418. The lowest BCUT2D eigenvalue weighted by Crippen LogP contribution is -2.15. The lowest BCUT2D eigenvalue weighted by molar-refractivity contribution is 0.621. The molecule has 11 aromatic rings. The van der Waals surface area contributed by atoms with Crippen molar-refractivity contribution in [1.29, 1.82) is 0 Å². The molecule has 2 unspecified atom stereocenters. The quantitative estimate of drug-likeness (QED) is 0.122. The van der Waals surface area contributed by atoms with Crippen LogP contribution in [0, 0.1) is 0 Å². The molecule has 1 heterocycles. The first kappa shape index (κ1) is 43.1. The summed E-state index contributed by atoms with van der Waals surface area (Å²) in [5, 5.41) is 4.07. The Morgan fingerprint density at radius 3 is 1.82 bits per heavy atom. The van der Waals surface area contributed by atoms with Crippen LogP contribution >= 0.6 is 0 Å². The molecule has 1 heteroatoms. The van der Waals surface area contributed by atoms with Gasteiger partial charge in [0.1, 0.15) is 0 Å². The SMILES string of the molecule is CC1(C)c2ccccc2-c2ccc(C(CCc3ccc(-c4ccc(-n5c6c(c7ccccc75)CC(CCc5ccccc5)c5c-6ccc6ccccc56)cc4)cc3)c3ccc(-c4ccccc4)cc3)cc21. The number of nitrogens with zero attached hydrogens (tertiary/aromatic N) is 1. The fourth-order valence-electron chi connectivity index (χ4n) is 12.6. The molecule has 0 spiro atoms. The molecule has 0 amide bonds. The third-order valence-electron chi connectivity index (χ3n) is 16.3. The lowest BCUT2D eigenvalue weighted by atomic mass is 9.76. The Labute approximate surface area is 418 Å². The van der Waals surface area contributed by atoms with Crippen LogP contribution < -0.4 is 0 Å². The summed E-state index contributed by atoms with van der Waals surface area (Å²) in [6.07, 6.45) is 5.22. The monoisotopic (exact) mass is 911 g/mol. The summed E-state index contributed by atoms with van der Waals surface area (Å²) in [6, 6.07) is 88.9. The van der Waals surface area contributed by atoms with E-state index in [-0.39, 0.29) is 11.3 Å². The van der Waals surface area contributed by atoms with E-state index >= 15 is 0 Å². The van der Waals surface area contributed by atoms with Crippen molar-refractivity contribution < 1.29 is 0 Å². The van der Waals surface area contributed by atoms with Crippen LogP contribution in [0.1, 0.15) is 83.0 Å². The second-order valence-corrected chi connectivity index (χ2v) is 20.7. The fraction of sp³-hybridized carbons (Fsp3) is 0.143. The number of rotatable bonds is 11. The predicted octanol–water partition coefficient (Wildman–Crippen LogP) is 18.1. The first-order valence-electron chi connectivity index (χ1n) is 25.7. The molecule has 0 bridgehead atoms. The van der Waals surface area contributed by atoms with E-state index in [1.165, 1.54) is 117 Å². The highest BCUT2D eigenvalue weighted by Crippen LogP contribution is 2.51. The highest BCUT2D eigenvalue weighted by molar-refractivity contribution is 6.00. The molecule has 0 aliphatic heterocycles. The number of para-hydroxylation sites is 1. The first-order chi connectivity index (χ1) is 35.0. The summed E-state index contributed by atoms with van der Waals surface area (Å²) in [5.74, 6) is 0.689. The van der Waals surface area contributed by atoms with Crippen LogP contribution in [-0.4, -0.2) is 4.57 Å². The molecular formula is C70H57N. The molecule has 0 saturated heterocycles. The van der Waals surface area contributed by atoms with E-state index in [4.69, 9.17) is 0 Å². The van der Waals surface area contributed by atoms with E-state index < -0.39 is 0 Å². The average Bonchev–Trinajstić information content (AvgIpc) is 3.88. The van der Waals surface area contributed by atoms with Gasteiger partial charge in [0.15, 0.2) is 0 Å². The van der Waals surface area contributed by atoms with E-state index in [9.17, 15) is 0 Å². The Kier molecular flexibility index (Phi) is 10.8. The highest BCUT2D eigenvalue weighted by Gasteiger charge is 2.36. The van der Waals surface area contributed by atoms with Gasteiger partial charge in [-0.3, -0.25) is 0 Å².